The van der Waals surface area contributed by atoms with E-state index < -0.39 is 10.0 Å². The molecule has 8 nitrogen and oxygen atoms in total. The number of likely N-dealkylation sites (tertiary alicyclic amines) is 1. The lowest BCUT2D eigenvalue weighted by atomic mass is 10.1. The van der Waals surface area contributed by atoms with Crippen LogP contribution in [-0.2, 0) is 10.0 Å². The van der Waals surface area contributed by atoms with Crippen molar-refractivity contribution in [3.8, 4) is 5.75 Å². The Morgan fingerprint density at radius 2 is 2.00 bits per heavy atom. The maximum absolute atomic E-state index is 11.1. The zero-order valence-corrected chi connectivity index (χ0v) is 17.9. The zero-order chi connectivity index (χ0) is 20.4. The standard InChI is InChI=1S/C19H33N5O3S/c1-20-19(21-10-7-11-23-28(3,25)26)22-15-18(24-12-4-5-13-24)16-8-6-9-17(14-16)27-2/h6,8-9,14,18,23H,4-5,7,10-13,15H2,1-3H3,(H2,20,21,22). The minimum Gasteiger partial charge on any atom is -0.497 e. The lowest BCUT2D eigenvalue weighted by molar-refractivity contribution is 0.245. The largest absolute Gasteiger partial charge is 0.497 e. The van der Waals surface area contributed by atoms with Gasteiger partial charge in [-0.15, -0.1) is 0 Å². The Balaban J connectivity index is 1.90. The molecule has 28 heavy (non-hydrogen) atoms. The van der Waals surface area contributed by atoms with Gasteiger partial charge in [-0.25, -0.2) is 13.1 Å². The maximum atomic E-state index is 11.1. The van der Waals surface area contributed by atoms with E-state index in [4.69, 9.17) is 4.74 Å². The van der Waals surface area contributed by atoms with E-state index in [2.05, 4.69) is 37.4 Å². The molecule has 1 aliphatic rings. The Hall–Kier alpha value is -1.84. The number of guanidine groups is 1. The number of hydrogen-bond acceptors (Lipinski definition) is 5. The first-order valence-corrected chi connectivity index (χ1v) is 11.6. The van der Waals surface area contributed by atoms with Gasteiger partial charge in [0.15, 0.2) is 5.96 Å². The molecule has 2 rings (SSSR count). The molecule has 9 heteroatoms. The second-order valence-electron chi connectivity index (χ2n) is 6.94. The predicted octanol–water partition coefficient (Wildman–Crippen LogP) is 0.936. The Labute approximate surface area is 168 Å². The third-order valence-electron chi connectivity index (χ3n) is 4.76. The molecule has 1 fully saturated rings. The topological polar surface area (TPSA) is 95.1 Å². The highest BCUT2D eigenvalue weighted by Gasteiger charge is 2.24. The zero-order valence-electron chi connectivity index (χ0n) is 17.1. The normalized spacial score (nSPS) is 16.8. The monoisotopic (exact) mass is 411 g/mol. The van der Waals surface area contributed by atoms with Crippen LogP contribution in [0.3, 0.4) is 0 Å². The van der Waals surface area contributed by atoms with E-state index in [1.807, 2.05) is 12.1 Å². The molecule has 1 atom stereocenters. The van der Waals surface area contributed by atoms with Crippen molar-refractivity contribution < 1.29 is 13.2 Å². The first-order valence-electron chi connectivity index (χ1n) is 9.70. The van der Waals surface area contributed by atoms with Gasteiger partial charge in [0.25, 0.3) is 0 Å². The molecule has 0 spiro atoms. The molecular formula is C19H33N5O3S. The van der Waals surface area contributed by atoms with Gasteiger partial charge in [-0.2, -0.15) is 0 Å². The summed E-state index contributed by atoms with van der Waals surface area (Å²) in [5.41, 5.74) is 1.22. The highest BCUT2D eigenvalue weighted by Crippen LogP contribution is 2.27. The molecule has 1 aliphatic heterocycles. The summed E-state index contributed by atoms with van der Waals surface area (Å²) in [7, 11) is 0.287. The Bertz CT molecular complexity index is 733. The summed E-state index contributed by atoms with van der Waals surface area (Å²) >= 11 is 0. The third-order valence-corrected chi connectivity index (χ3v) is 5.49. The van der Waals surface area contributed by atoms with Gasteiger partial charge in [0.1, 0.15) is 5.75 Å². The van der Waals surface area contributed by atoms with Crippen molar-refractivity contribution in [3.63, 3.8) is 0 Å². The Morgan fingerprint density at radius 3 is 2.64 bits per heavy atom. The van der Waals surface area contributed by atoms with Crippen LogP contribution in [0.2, 0.25) is 0 Å². The van der Waals surface area contributed by atoms with Crippen LogP contribution in [0.5, 0.6) is 5.75 Å². The van der Waals surface area contributed by atoms with Crippen LogP contribution in [0, 0.1) is 0 Å². The van der Waals surface area contributed by atoms with Gasteiger partial charge in [-0.05, 0) is 50.0 Å². The van der Waals surface area contributed by atoms with Gasteiger partial charge in [-0.1, -0.05) is 12.1 Å². The minimum atomic E-state index is -3.14. The number of benzene rings is 1. The molecule has 0 amide bonds. The molecule has 0 radical (unpaired) electrons. The molecule has 158 valence electrons. The number of sulfonamides is 1. The average Bonchev–Trinajstić information content (AvgIpc) is 3.20. The second-order valence-corrected chi connectivity index (χ2v) is 8.77. The molecule has 1 unspecified atom stereocenters. The summed E-state index contributed by atoms with van der Waals surface area (Å²) in [4.78, 5) is 6.76. The third kappa shape index (κ3) is 7.65. The minimum absolute atomic E-state index is 0.239. The summed E-state index contributed by atoms with van der Waals surface area (Å²) < 4.78 is 30.1. The number of nitrogens with zero attached hydrogens (tertiary/aromatic N) is 2. The highest BCUT2D eigenvalue weighted by molar-refractivity contribution is 7.88. The van der Waals surface area contributed by atoms with Crippen LogP contribution < -0.4 is 20.1 Å². The van der Waals surface area contributed by atoms with E-state index in [-0.39, 0.29) is 6.04 Å². The summed E-state index contributed by atoms with van der Waals surface area (Å²) in [6.07, 6.45) is 4.29. The molecule has 1 saturated heterocycles. The smallest absolute Gasteiger partial charge is 0.208 e. The Morgan fingerprint density at radius 1 is 1.25 bits per heavy atom. The maximum Gasteiger partial charge on any atom is 0.208 e. The fourth-order valence-electron chi connectivity index (χ4n) is 3.33. The summed E-state index contributed by atoms with van der Waals surface area (Å²) in [6, 6.07) is 8.46. The van der Waals surface area contributed by atoms with Crippen molar-refractivity contribution in [1.29, 1.82) is 0 Å². The second kappa shape index (κ2) is 11.2. The van der Waals surface area contributed by atoms with Gasteiger partial charge in [0.05, 0.1) is 19.4 Å². The van der Waals surface area contributed by atoms with E-state index in [9.17, 15) is 8.42 Å². The van der Waals surface area contributed by atoms with Crippen molar-refractivity contribution in [2.75, 3.05) is 53.1 Å². The van der Waals surface area contributed by atoms with Gasteiger partial charge >= 0.3 is 0 Å². The number of rotatable bonds is 10. The van der Waals surface area contributed by atoms with Crippen LogP contribution in [-0.4, -0.2) is 72.4 Å². The number of methoxy groups -OCH3 is 1. The van der Waals surface area contributed by atoms with Crippen molar-refractivity contribution in [1.82, 2.24) is 20.3 Å². The fraction of sp³-hybridized carbons (Fsp3) is 0.632. The van der Waals surface area contributed by atoms with Gasteiger partial charge < -0.3 is 15.4 Å². The van der Waals surface area contributed by atoms with Crippen molar-refractivity contribution >= 4 is 16.0 Å². The van der Waals surface area contributed by atoms with Crippen molar-refractivity contribution in [2.24, 2.45) is 4.99 Å². The van der Waals surface area contributed by atoms with E-state index in [0.717, 1.165) is 31.6 Å². The van der Waals surface area contributed by atoms with Crippen LogP contribution >= 0.6 is 0 Å². The van der Waals surface area contributed by atoms with E-state index in [0.29, 0.717) is 25.5 Å². The molecule has 1 aromatic rings. The number of hydrogen-bond donors (Lipinski definition) is 3. The van der Waals surface area contributed by atoms with Crippen LogP contribution in [0.1, 0.15) is 30.9 Å². The first kappa shape index (κ1) is 22.4. The van der Waals surface area contributed by atoms with E-state index >= 15 is 0 Å². The summed E-state index contributed by atoms with van der Waals surface area (Å²) in [5, 5.41) is 6.64. The number of ether oxygens (including phenoxy) is 1. The van der Waals surface area contributed by atoms with Crippen LogP contribution in [0.25, 0.3) is 0 Å². The molecule has 0 aliphatic carbocycles. The molecule has 1 heterocycles. The van der Waals surface area contributed by atoms with Crippen LogP contribution in [0.15, 0.2) is 29.3 Å². The van der Waals surface area contributed by atoms with Gasteiger partial charge in [0, 0.05) is 26.7 Å². The van der Waals surface area contributed by atoms with E-state index in [1.54, 1.807) is 14.2 Å². The molecule has 0 aromatic heterocycles. The predicted molar refractivity (Wildman–Crippen MR) is 113 cm³/mol. The average molecular weight is 412 g/mol. The molecule has 0 saturated carbocycles. The summed E-state index contributed by atoms with van der Waals surface area (Å²) in [6.45, 7) is 3.95. The number of aliphatic imine (C=N–C) groups is 1. The van der Waals surface area contributed by atoms with Gasteiger partial charge in [-0.3, -0.25) is 9.89 Å². The molecular weight excluding hydrogens is 378 g/mol. The lowest BCUT2D eigenvalue weighted by Crippen LogP contribution is -2.43. The van der Waals surface area contributed by atoms with E-state index in [1.165, 1.54) is 18.4 Å². The highest BCUT2D eigenvalue weighted by atomic mass is 32.2. The van der Waals surface area contributed by atoms with Crippen molar-refractivity contribution in [2.45, 2.75) is 25.3 Å². The lowest BCUT2D eigenvalue weighted by Gasteiger charge is -2.29. The molecule has 1 aromatic carbocycles. The molecule has 3 N–H and O–H groups in total. The number of nitrogens with one attached hydrogen (secondary N) is 3. The van der Waals surface area contributed by atoms with Gasteiger partial charge in [0.2, 0.25) is 10.0 Å². The van der Waals surface area contributed by atoms with Crippen LogP contribution in [0.4, 0.5) is 0 Å². The quantitative estimate of drug-likeness (QED) is 0.301. The fourth-order valence-corrected chi connectivity index (χ4v) is 3.84. The first-order chi connectivity index (χ1) is 13.4. The SMILES string of the molecule is CN=C(NCCCNS(C)(=O)=O)NCC(c1cccc(OC)c1)N1CCCC1. The van der Waals surface area contributed by atoms with Crippen molar-refractivity contribution in [3.05, 3.63) is 29.8 Å². The Kier molecular flexibility index (Phi) is 9.01. The summed E-state index contributed by atoms with van der Waals surface area (Å²) in [5.74, 6) is 1.58. The molecule has 0 bridgehead atoms.